The quantitative estimate of drug-likeness (QED) is 0.737. The lowest BCUT2D eigenvalue weighted by Gasteiger charge is -2.18. The van der Waals surface area contributed by atoms with Crippen LogP contribution in [-0.4, -0.2) is 11.5 Å². The minimum atomic E-state index is 0.305. The summed E-state index contributed by atoms with van der Waals surface area (Å²) < 4.78 is 2.22. The van der Waals surface area contributed by atoms with Crippen molar-refractivity contribution in [2.75, 3.05) is 6.54 Å². The van der Waals surface area contributed by atoms with E-state index in [2.05, 4.69) is 66.6 Å². The number of thiophene rings is 1. The summed E-state index contributed by atoms with van der Waals surface area (Å²) in [5.74, 6) is 0. The van der Waals surface area contributed by atoms with Crippen LogP contribution in [0.1, 0.15) is 29.8 Å². The van der Waals surface area contributed by atoms with E-state index in [0.29, 0.717) is 6.04 Å². The molecule has 2 nitrogen and oxygen atoms in total. The number of nitrogens with zero attached hydrogens (tertiary/aromatic N) is 1. The number of halogens is 2. The molecule has 102 valence electrons. The van der Waals surface area contributed by atoms with E-state index in [0.717, 1.165) is 23.9 Å². The summed E-state index contributed by atoms with van der Waals surface area (Å²) in [4.78, 5) is 5.64. The SMILES string of the molecule is CCCNC(Cc1sccc1Br)c1cncc(Br)c1. The maximum atomic E-state index is 4.27. The van der Waals surface area contributed by atoms with Gasteiger partial charge in [0.05, 0.1) is 0 Å². The summed E-state index contributed by atoms with van der Waals surface area (Å²) >= 11 is 8.89. The van der Waals surface area contributed by atoms with Crippen LogP contribution >= 0.6 is 43.2 Å². The maximum Gasteiger partial charge on any atom is 0.0410 e. The van der Waals surface area contributed by atoms with Crippen LogP contribution in [0.5, 0.6) is 0 Å². The average molecular weight is 404 g/mol. The Morgan fingerprint density at radius 2 is 2.21 bits per heavy atom. The number of hydrogen-bond donors (Lipinski definition) is 1. The molecule has 0 spiro atoms. The van der Waals surface area contributed by atoms with E-state index in [9.17, 15) is 0 Å². The lowest BCUT2D eigenvalue weighted by atomic mass is 10.0. The molecule has 2 rings (SSSR count). The van der Waals surface area contributed by atoms with Gasteiger partial charge >= 0.3 is 0 Å². The average Bonchev–Trinajstić information content (AvgIpc) is 2.80. The van der Waals surface area contributed by atoms with Crippen LogP contribution < -0.4 is 5.32 Å². The zero-order valence-electron chi connectivity index (χ0n) is 10.7. The predicted molar refractivity (Wildman–Crippen MR) is 88.7 cm³/mol. The smallest absolute Gasteiger partial charge is 0.0410 e. The molecule has 0 saturated carbocycles. The van der Waals surface area contributed by atoms with E-state index in [-0.39, 0.29) is 0 Å². The lowest BCUT2D eigenvalue weighted by molar-refractivity contribution is 0.530. The molecule has 0 aromatic carbocycles. The number of hydrogen-bond acceptors (Lipinski definition) is 3. The van der Waals surface area contributed by atoms with Crippen molar-refractivity contribution in [2.24, 2.45) is 0 Å². The molecule has 0 saturated heterocycles. The first kappa shape index (κ1) is 15.2. The standard InChI is InChI=1S/C14H16Br2N2S/c1-2-4-18-13(7-14-12(16)3-5-19-14)10-6-11(15)9-17-8-10/h3,5-6,8-9,13,18H,2,4,7H2,1H3. The van der Waals surface area contributed by atoms with Gasteiger partial charge in [-0.2, -0.15) is 0 Å². The zero-order valence-corrected chi connectivity index (χ0v) is 14.7. The second-order valence-electron chi connectivity index (χ2n) is 4.34. The van der Waals surface area contributed by atoms with Crippen molar-refractivity contribution in [3.8, 4) is 0 Å². The Bertz CT molecular complexity index is 528. The van der Waals surface area contributed by atoms with Gasteiger partial charge in [0.1, 0.15) is 0 Å². The van der Waals surface area contributed by atoms with Gasteiger partial charge in [-0.1, -0.05) is 6.92 Å². The van der Waals surface area contributed by atoms with Crippen LogP contribution in [0.3, 0.4) is 0 Å². The molecule has 0 amide bonds. The molecular formula is C14H16Br2N2S. The van der Waals surface area contributed by atoms with Crippen LogP contribution in [0.25, 0.3) is 0 Å². The number of pyridine rings is 1. The largest absolute Gasteiger partial charge is 0.310 e. The van der Waals surface area contributed by atoms with Crippen LogP contribution in [0, 0.1) is 0 Å². The van der Waals surface area contributed by atoms with E-state index in [1.165, 1.54) is 14.9 Å². The first-order chi connectivity index (χ1) is 9.20. The van der Waals surface area contributed by atoms with Crippen LogP contribution in [0.15, 0.2) is 38.9 Å². The first-order valence-electron chi connectivity index (χ1n) is 6.26. The van der Waals surface area contributed by atoms with Crippen molar-refractivity contribution in [3.05, 3.63) is 49.3 Å². The van der Waals surface area contributed by atoms with Crippen molar-refractivity contribution in [3.63, 3.8) is 0 Å². The summed E-state index contributed by atoms with van der Waals surface area (Å²) in [5.41, 5.74) is 1.23. The van der Waals surface area contributed by atoms with Gasteiger partial charge in [-0.3, -0.25) is 4.98 Å². The fraction of sp³-hybridized carbons (Fsp3) is 0.357. The van der Waals surface area contributed by atoms with Gasteiger partial charge in [-0.15, -0.1) is 11.3 Å². The molecule has 0 bridgehead atoms. The molecule has 0 fully saturated rings. The Kier molecular flexibility index (Phi) is 6.01. The van der Waals surface area contributed by atoms with Gasteiger partial charge in [0, 0.05) is 38.7 Å². The molecule has 2 aromatic heterocycles. The third kappa shape index (κ3) is 4.38. The molecular weight excluding hydrogens is 388 g/mol. The Morgan fingerprint density at radius 3 is 2.84 bits per heavy atom. The Balaban J connectivity index is 2.18. The molecule has 1 N–H and O–H groups in total. The Morgan fingerprint density at radius 1 is 1.37 bits per heavy atom. The Hall–Kier alpha value is -0.230. The van der Waals surface area contributed by atoms with E-state index in [1.54, 1.807) is 11.3 Å². The summed E-state index contributed by atoms with van der Waals surface area (Å²) in [7, 11) is 0. The molecule has 1 unspecified atom stereocenters. The molecule has 0 aliphatic rings. The topological polar surface area (TPSA) is 24.9 Å². The van der Waals surface area contributed by atoms with Crippen LogP contribution in [0.2, 0.25) is 0 Å². The number of aromatic nitrogens is 1. The Labute approximate surface area is 134 Å². The number of rotatable bonds is 6. The normalized spacial score (nSPS) is 12.6. The first-order valence-corrected chi connectivity index (χ1v) is 8.73. The minimum Gasteiger partial charge on any atom is -0.310 e. The molecule has 0 aliphatic heterocycles. The van der Waals surface area contributed by atoms with Crippen LogP contribution in [-0.2, 0) is 6.42 Å². The van der Waals surface area contributed by atoms with Gasteiger partial charge in [-0.05, 0) is 67.9 Å². The highest BCUT2D eigenvalue weighted by Gasteiger charge is 2.14. The molecule has 19 heavy (non-hydrogen) atoms. The van der Waals surface area contributed by atoms with Gasteiger partial charge in [-0.25, -0.2) is 0 Å². The molecule has 1 atom stereocenters. The summed E-state index contributed by atoms with van der Waals surface area (Å²) in [6, 6.07) is 4.55. The fourth-order valence-electron chi connectivity index (χ4n) is 1.90. The summed E-state index contributed by atoms with van der Waals surface area (Å²) in [5, 5.41) is 5.72. The molecule has 2 aromatic rings. The predicted octanol–water partition coefficient (Wildman–Crippen LogP) is 4.95. The summed E-state index contributed by atoms with van der Waals surface area (Å²) in [6.07, 6.45) is 5.88. The highest BCUT2D eigenvalue weighted by Crippen LogP contribution is 2.28. The minimum absolute atomic E-state index is 0.305. The van der Waals surface area contributed by atoms with Crippen molar-refractivity contribution >= 4 is 43.2 Å². The van der Waals surface area contributed by atoms with E-state index >= 15 is 0 Å². The van der Waals surface area contributed by atoms with Crippen molar-refractivity contribution < 1.29 is 0 Å². The monoisotopic (exact) mass is 402 g/mol. The lowest BCUT2D eigenvalue weighted by Crippen LogP contribution is -2.24. The van der Waals surface area contributed by atoms with Crippen molar-refractivity contribution in [1.82, 2.24) is 10.3 Å². The van der Waals surface area contributed by atoms with E-state index in [4.69, 9.17) is 0 Å². The third-order valence-electron chi connectivity index (χ3n) is 2.85. The van der Waals surface area contributed by atoms with E-state index in [1.807, 2.05) is 12.4 Å². The highest BCUT2D eigenvalue weighted by molar-refractivity contribution is 9.10. The van der Waals surface area contributed by atoms with Gasteiger partial charge in [0.25, 0.3) is 0 Å². The van der Waals surface area contributed by atoms with Crippen LogP contribution in [0.4, 0.5) is 0 Å². The molecule has 0 aliphatic carbocycles. The summed E-state index contributed by atoms with van der Waals surface area (Å²) in [6.45, 7) is 3.20. The maximum absolute atomic E-state index is 4.27. The third-order valence-corrected chi connectivity index (χ3v) is 5.23. The molecule has 2 heterocycles. The highest BCUT2D eigenvalue weighted by atomic mass is 79.9. The van der Waals surface area contributed by atoms with E-state index < -0.39 is 0 Å². The van der Waals surface area contributed by atoms with Gasteiger partial charge in [0.2, 0.25) is 0 Å². The van der Waals surface area contributed by atoms with Gasteiger partial charge in [0.15, 0.2) is 0 Å². The number of nitrogens with one attached hydrogen (secondary N) is 1. The van der Waals surface area contributed by atoms with Crippen molar-refractivity contribution in [2.45, 2.75) is 25.8 Å². The zero-order chi connectivity index (χ0) is 13.7. The van der Waals surface area contributed by atoms with Crippen molar-refractivity contribution in [1.29, 1.82) is 0 Å². The fourth-order valence-corrected chi connectivity index (χ4v) is 3.85. The molecule has 5 heteroatoms. The second kappa shape index (κ2) is 7.53. The van der Waals surface area contributed by atoms with Gasteiger partial charge < -0.3 is 5.32 Å². The second-order valence-corrected chi connectivity index (χ2v) is 7.11. The molecule has 0 radical (unpaired) electrons.